The Morgan fingerprint density at radius 3 is 2.57 bits per heavy atom. The van der Waals surface area contributed by atoms with Crippen molar-refractivity contribution in [1.82, 2.24) is 5.32 Å². The zero-order valence-electron chi connectivity index (χ0n) is 9.58. The van der Waals surface area contributed by atoms with Crippen molar-refractivity contribution in [3.05, 3.63) is 0 Å². The molecule has 1 aliphatic rings. The molecule has 0 aliphatic heterocycles. The molecule has 1 saturated carbocycles. The summed E-state index contributed by atoms with van der Waals surface area (Å²) in [6, 6.07) is 0.715. The fourth-order valence-corrected chi connectivity index (χ4v) is 2.23. The van der Waals surface area contributed by atoms with Gasteiger partial charge in [-0.05, 0) is 38.1 Å². The molecular formula is C11H23NOS. The molecule has 3 unspecified atom stereocenters. The fraction of sp³-hybridized carbons (Fsp3) is 1.00. The molecule has 1 aliphatic carbocycles. The zero-order chi connectivity index (χ0) is 10.6. The van der Waals surface area contributed by atoms with Gasteiger partial charge in [0.1, 0.15) is 0 Å². The molecule has 0 spiro atoms. The van der Waals surface area contributed by atoms with E-state index in [4.69, 9.17) is 0 Å². The summed E-state index contributed by atoms with van der Waals surface area (Å²) in [6.45, 7) is 5.34. The predicted octanol–water partition coefficient (Wildman–Crippen LogP) is 1.92. The van der Waals surface area contributed by atoms with Crippen molar-refractivity contribution >= 4 is 10.8 Å². The third-order valence-corrected chi connectivity index (χ3v) is 4.52. The summed E-state index contributed by atoms with van der Waals surface area (Å²) in [6.07, 6.45) is 6.87. The van der Waals surface area contributed by atoms with E-state index in [0.29, 0.717) is 11.3 Å². The maximum Gasteiger partial charge on any atom is 0.0329 e. The second-order valence-corrected chi connectivity index (χ2v) is 6.21. The standard InChI is InChI=1S/C11H23NOS/c1-4-11(10-5-6-10)12-8-7-9(2)14(3)13/h9-12H,4-8H2,1-3H3. The molecule has 2 nitrogen and oxygen atoms in total. The van der Waals surface area contributed by atoms with Crippen LogP contribution in [0, 0.1) is 5.92 Å². The topological polar surface area (TPSA) is 29.1 Å². The Morgan fingerprint density at radius 1 is 1.50 bits per heavy atom. The van der Waals surface area contributed by atoms with Crippen LogP contribution in [0.5, 0.6) is 0 Å². The summed E-state index contributed by atoms with van der Waals surface area (Å²) >= 11 is 0. The van der Waals surface area contributed by atoms with Gasteiger partial charge in [-0.15, -0.1) is 0 Å². The molecule has 0 heterocycles. The maximum absolute atomic E-state index is 11.1. The highest BCUT2D eigenvalue weighted by Crippen LogP contribution is 2.33. The Balaban J connectivity index is 2.09. The Bertz CT molecular complexity index is 192. The van der Waals surface area contributed by atoms with Crippen molar-refractivity contribution < 1.29 is 4.21 Å². The Kier molecular flexibility index (Phi) is 5.10. The van der Waals surface area contributed by atoms with Gasteiger partial charge >= 0.3 is 0 Å². The smallest absolute Gasteiger partial charge is 0.0329 e. The van der Waals surface area contributed by atoms with Crippen molar-refractivity contribution in [3.63, 3.8) is 0 Å². The minimum absolute atomic E-state index is 0.333. The molecule has 0 aromatic heterocycles. The van der Waals surface area contributed by atoms with Gasteiger partial charge in [0, 0.05) is 28.3 Å². The summed E-state index contributed by atoms with van der Waals surface area (Å²) in [5, 5.41) is 3.92. The van der Waals surface area contributed by atoms with E-state index in [0.717, 1.165) is 18.9 Å². The van der Waals surface area contributed by atoms with E-state index >= 15 is 0 Å². The van der Waals surface area contributed by atoms with Gasteiger partial charge < -0.3 is 5.32 Å². The van der Waals surface area contributed by atoms with Crippen molar-refractivity contribution in [2.75, 3.05) is 12.8 Å². The first-order valence-corrected chi connectivity index (χ1v) is 7.32. The lowest BCUT2D eigenvalue weighted by atomic mass is 10.1. The average Bonchev–Trinajstić information content (AvgIpc) is 2.95. The monoisotopic (exact) mass is 217 g/mol. The van der Waals surface area contributed by atoms with E-state index in [1.54, 1.807) is 6.26 Å². The van der Waals surface area contributed by atoms with E-state index in [2.05, 4.69) is 19.2 Å². The summed E-state index contributed by atoms with van der Waals surface area (Å²) in [7, 11) is -0.662. The molecule has 0 aromatic rings. The second-order valence-electron chi connectivity index (χ2n) is 4.40. The Labute approximate surface area is 90.3 Å². The molecule has 84 valence electrons. The van der Waals surface area contributed by atoms with Crippen molar-refractivity contribution in [1.29, 1.82) is 0 Å². The van der Waals surface area contributed by atoms with Crippen LogP contribution in [0.4, 0.5) is 0 Å². The van der Waals surface area contributed by atoms with Gasteiger partial charge in [0.25, 0.3) is 0 Å². The molecule has 1 rings (SSSR count). The molecule has 3 heteroatoms. The zero-order valence-corrected chi connectivity index (χ0v) is 10.4. The number of rotatable bonds is 7. The van der Waals surface area contributed by atoms with E-state index in [9.17, 15) is 4.21 Å². The lowest BCUT2D eigenvalue weighted by Crippen LogP contribution is -2.32. The molecule has 14 heavy (non-hydrogen) atoms. The fourth-order valence-electron chi connectivity index (χ4n) is 1.78. The average molecular weight is 217 g/mol. The molecule has 0 bridgehead atoms. The Morgan fingerprint density at radius 2 is 2.14 bits per heavy atom. The van der Waals surface area contributed by atoms with Crippen LogP contribution in [0.25, 0.3) is 0 Å². The van der Waals surface area contributed by atoms with Crippen LogP contribution in [0.2, 0.25) is 0 Å². The van der Waals surface area contributed by atoms with Crippen LogP contribution in [0.15, 0.2) is 0 Å². The normalized spacial score (nSPS) is 23.1. The first-order chi connectivity index (χ1) is 6.65. The van der Waals surface area contributed by atoms with Crippen molar-refractivity contribution in [2.45, 2.75) is 50.8 Å². The number of hydrogen-bond acceptors (Lipinski definition) is 2. The third-order valence-electron chi connectivity index (χ3n) is 3.15. The van der Waals surface area contributed by atoms with Gasteiger partial charge in [-0.2, -0.15) is 0 Å². The van der Waals surface area contributed by atoms with E-state index in [1.165, 1.54) is 19.3 Å². The third kappa shape index (κ3) is 4.09. The highest BCUT2D eigenvalue weighted by atomic mass is 32.2. The maximum atomic E-state index is 11.1. The predicted molar refractivity (Wildman–Crippen MR) is 63.0 cm³/mol. The van der Waals surface area contributed by atoms with E-state index < -0.39 is 10.8 Å². The van der Waals surface area contributed by atoms with Gasteiger partial charge in [-0.1, -0.05) is 13.8 Å². The lowest BCUT2D eigenvalue weighted by molar-refractivity contribution is 0.445. The first-order valence-electron chi connectivity index (χ1n) is 5.70. The largest absolute Gasteiger partial charge is 0.314 e. The second kappa shape index (κ2) is 5.86. The molecule has 3 atom stereocenters. The molecule has 0 amide bonds. The Hall–Kier alpha value is 0.110. The quantitative estimate of drug-likeness (QED) is 0.706. The van der Waals surface area contributed by atoms with Gasteiger partial charge in [-0.25, -0.2) is 0 Å². The summed E-state index contributed by atoms with van der Waals surface area (Å²) in [5.74, 6) is 0.933. The minimum atomic E-state index is -0.662. The lowest BCUT2D eigenvalue weighted by Gasteiger charge is -2.17. The van der Waals surface area contributed by atoms with Crippen LogP contribution in [0.3, 0.4) is 0 Å². The van der Waals surface area contributed by atoms with Crippen LogP contribution < -0.4 is 5.32 Å². The molecule has 0 radical (unpaired) electrons. The van der Waals surface area contributed by atoms with Crippen LogP contribution in [-0.4, -0.2) is 28.3 Å². The van der Waals surface area contributed by atoms with Gasteiger partial charge in [-0.3, -0.25) is 4.21 Å². The minimum Gasteiger partial charge on any atom is -0.314 e. The van der Waals surface area contributed by atoms with Crippen molar-refractivity contribution in [3.8, 4) is 0 Å². The summed E-state index contributed by atoms with van der Waals surface area (Å²) in [5.41, 5.74) is 0. The summed E-state index contributed by atoms with van der Waals surface area (Å²) < 4.78 is 11.1. The SMILES string of the molecule is CCC(NCCC(C)S(C)=O)C1CC1. The van der Waals surface area contributed by atoms with Gasteiger partial charge in [0.2, 0.25) is 0 Å². The molecule has 1 fully saturated rings. The summed E-state index contributed by atoms with van der Waals surface area (Å²) in [4.78, 5) is 0. The molecule has 0 saturated heterocycles. The first kappa shape index (κ1) is 12.2. The van der Waals surface area contributed by atoms with Crippen LogP contribution >= 0.6 is 0 Å². The van der Waals surface area contributed by atoms with Crippen LogP contribution in [-0.2, 0) is 10.8 Å². The van der Waals surface area contributed by atoms with E-state index in [1.807, 2.05) is 0 Å². The van der Waals surface area contributed by atoms with E-state index in [-0.39, 0.29) is 0 Å². The number of nitrogens with one attached hydrogen (secondary N) is 1. The highest BCUT2D eigenvalue weighted by Gasteiger charge is 2.29. The highest BCUT2D eigenvalue weighted by molar-refractivity contribution is 7.84. The number of hydrogen-bond donors (Lipinski definition) is 1. The molecule has 0 aromatic carbocycles. The molecule has 1 N–H and O–H groups in total. The van der Waals surface area contributed by atoms with Gasteiger partial charge in [0.15, 0.2) is 0 Å². The van der Waals surface area contributed by atoms with Crippen LogP contribution in [0.1, 0.15) is 39.5 Å². The molecular weight excluding hydrogens is 194 g/mol. The van der Waals surface area contributed by atoms with Gasteiger partial charge in [0.05, 0.1) is 0 Å². The van der Waals surface area contributed by atoms with Crippen molar-refractivity contribution in [2.24, 2.45) is 5.92 Å².